The third-order valence-electron chi connectivity index (χ3n) is 8.57. The Morgan fingerprint density at radius 2 is 1.31 bits per heavy atom. The minimum atomic E-state index is -1.10. The first-order valence-corrected chi connectivity index (χ1v) is 18.5. The lowest BCUT2D eigenvalue weighted by molar-refractivity contribution is 0.0889. The number of ether oxygens (including phenoxy) is 2. The van der Waals surface area contributed by atoms with E-state index >= 15 is 4.39 Å². The smallest absolute Gasteiger partial charge is 0.131 e. The van der Waals surface area contributed by atoms with Gasteiger partial charge in [0, 0.05) is 10.3 Å². The van der Waals surface area contributed by atoms with Crippen molar-refractivity contribution in [3.63, 3.8) is 0 Å². The van der Waals surface area contributed by atoms with Crippen molar-refractivity contribution in [1.82, 2.24) is 0 Å². The predicted molar refractivity (Wildman–Crippen MR) is 190 cm³/mol. The highest BCUT2D eigenvalue weighted by Crippen LogP contribution is 2.53. The summed E-state index contributed by atoms with van der Waals surface area (Å²) in [6.07, 6.45) is 8.92. The molecule has 0 bridgehead atoms. The fourth-order valence-corrected chi connectivity index (χ4v) is 5.92. The van der Waals surface area contributed by atoms with Gasteiger partial charge in [0.2, 0.25) is 0 Å². The predicted octanol–water partition coefficient (Wildman–Crippen LogP) is 10.2. The van der Waals surface area contributed by atoms with E-state index in [0.717, 1.165) is 61.2 Å². The van der Waals surface area contributed by atoms with E-state index in [1.165, 1.54) is 16.7 Å². The quantitative estimate of drug-likeness (QED) is 0.115. The summed E-state index contributed by atoms with van der Waals surface area (Å²) in [5.41, 5.74) is 7.49. The second-order valence-corrected chi connectivity index (χ2v) is 16.9. The SMILES string of the molecule is CCc1cc(CCCOS(C)(C)C(C)(C)C)ccc1-c1ccc(CCc2ccc(OCCOCc3ccccc3)cc2)cc1F. The third-order valence-corrected chi connectivity index (χ3v) is 12.3. The molecule has 0 aliphatic heterocycles. The van der Waals surface area contributed by atoms with Crippen LogP contribution in [0.1, 0.15) is 61.9 Å². The molecule has 0 aliphatic carbocycles. The van der Waals surface area contributed by atoms with Crippen LogP contribution in [0.25, 0.3) is 11.1 Å². The molecule has 3 nitrogen and oxygen atoms in total. The number of rotatable bonds is 16. The van der Waals surface area contributed by atoms with Gasteiger partial charge in [-0.25, -0.2) is 4.39 Å². The van der Waals surface area contributed by atoms with Crippen molar-refractivity contribution < 1.29 is 18.0 Å². The molecule has 4 aromatic carbocycles. The van der Waals surface area contributed by atoms with Gasteiger partial charge in [0.1, 0.15) is 18.2 Å². The fraction of sp³-hybridized carbons (Fsp3) is 0.400. The Kier molecular flexibility index (Phi) is 12.7. The summed E-state index contributed by atoms with van der Waals surface area (Å²) in [6, 6.07) is 30.5. The van der Waals surface area contributed by atoms with Gasteiger partial charge < -0.3 is 13.7 Å². The Hall–Kier alpha value is -3.12. The van der Waals surface area contributed by atoms with Crippen molar-refractivity contribution in [2.24, 2.45) is 0 Å². The number of halogens is 1. The van der Waals surface area contributed by atoms with E-state index in [9.17, 15) is 0 Å². The zero-order chi connectivity index (χ0) is 32.3. The molecule has 0 spiro atoms. The highest BCUT2D eigenvalue weighted by molar-refractivity contribution is 8.29. The fourth-order valence-electron chi connectivity index (χ4n) is 5.03. The summed E-state index contributed by atoms with van der Waals surface area (Å²) in [7, 11) is -1.10. The van der Waals surface area contributed by atoms with Crippen molar-refractivity contribution in [2.45, 2.75) is 71.2 Å². The molecule has 0 saturated carbocycles. The van der Waals surface area contributed by atoms with Crippen LogP contribution < -0.4 is 4.74 Å². The molecule has 4 aromatic rings. The van der Waals surface area contributed by atoms with Gasteiger partial charge in [-0.05, 0) is 96.2 Å². The molecule has 0 atom stereocenters. The Morgan fingerprint density at radius 3 is 1.98 bits per heavy atom. The van der Waals surface area contributed by atoms with Gasteiger partial charge in [-0.1, -0.05) is 100 Å². The third kappa shape index (κ3) is 10.5. The van der Waals surface area contributed by atoms with Crippen molar-refractivity contribution in [3.05, 3.63) is 125 Å². The van der Waals surface area contributed by atoms with Gasteiger partial charge in [-0.2, -0.15) is 0 Å². The van der Waals surface area contributed by atoms with Crippen LogP contribution in [0.3, 0.4) is 0 Å². The molecule has 0 heterocycles. The second kappa shape index (κ2) is 16.4. The molecular formula is C40H51FO3S. The summed E-state index contributed by atoms with van der Waals surface area (Å²) < 4.78 is 33.4. The summed E-state index contributed by atoms with van der Waals surface area (Å²) in [4.78, 5) is 0. The van der Waals surface area contributed by atoms with Crippen LogP contribution in [0.15, 0.2) is 91.0 Å². The largest absolute Gasteiger partial charge is 0.491 e. The molecule has 0 fully saturated rings. The lowest BCUT2D eigenvalue weighted by Crippen LogP contribution is -2.25. The number of hydrogen-bond acceptors (Lipinski definition) is 3. The van der Waals surface area contributed by atoms with E-state index in [0.29, 0.717) is 25.4 Å². The zero-order valence-electron chi connectivity index (χ0n) is 28.0. The maximum Gasteiger partial charge on any atom is 0.131 e. The van der Waals surface area contributed by atoms with Gasteiger partial charge in [0.25, 0.3) is 0 Å². The zero-order valence-corrected chi connectivity index (χ0v) is 28.9. The molecule has 242 valence electrons. The highest BCUT2D eigenvalue weighted by atomic mass is 32.3. The Balaban J connectivity index is 1.25. The molecule has 45 heavy (non-hydrogen) atoms. The van der Waals surface area contributed by atoms with Crippen LogP contribution >= 0.6 is 10.3 Å². The summed E-state index contributed by atoms with van der Waals surface area (Å²) in [5.74, 6) is 0.669. The molecule has 4 rings (SSSR count). The van der Waals surface area contributed by atoms with Crippen LogP contribution in [0.4, 0.5) is 4.39 Å². The van der Waals surface area contributed by atoms with Gasteiger partial charge in [0.15, 0.2) is 0 Å². The minimum absolute atomic E-state index is 0.158. The Morgan fingerprint density at radius 1 is 0.667 bits per heavy atom. The normalized spacial score (nSPS) is 12.3. The van der Waals surface area contributed by atoms with Gasteiger partial charge in [0.05, 0.1) is 19.8 Å². The highest BCUT2D eigenvalue weighted by Gasteiger charge is 2.28. The first-order valence-electron chi connectivity index (χ1n) is 16.2. The van der Waals surface area contributed by atoms with Crippen LogP contribution in [0.5, 0.6) is 5.75 Å². The van der Waals surface area contributed by atoms with Gasteiger partial charge in [-0.3, -0.25) is 0 Å². The van der Waals surface area contributed by atoms with E-state index in [1.54, 1.807) is 6.07 Å². The number of aryl methyl sites for hydroxylation is 4. The van der Waals surface area contributed by atoms with E-state index in [2.05, 4.69) is 88.7 Å². The van der Waals surface area contributed by atoms with Crippen molar-refractivity contribution in [1.29, 1.82) is 0 Å². The van der Waals surface area contributed by atoms with Crippen LogP contribution in [0, 0.1) is 5.82 Å². The average Bonchev–Trinajstić information content (AvgIpc) is 3.02. The van der Waals surface area contributed by atoms with Crippen LogP contribution in [-0.2, 0) is 41.2 Å². The summed E-state index contributed by atoms with van der Waals surface area (Å²) in [5, 5.41) is 0. The van der Waals surface area contributed by atoms with Crippen LogP contribution in [0.2, 0.25) is 0 Å². The Bertz CT molecular complexity index is 1480. The molecule has 0 saturated heterocycles. The molecule has 0 N–H and O–H groups in total. The molecule has 0 unspecified atom stereocenters. The maximum atomic E-state index is 15.4. The second-order valence-electron chi connectivity index (χ2n) is 13.0. The lowest BCUT2D eigenvalue weighted by Gasteiger charge is -2.43. The van der Waals surface area contributed by atoms with E-state index in [-0.39, 0.29) is 10.6 Å². The van der Waals surface area contributed by atoms with E-state index in [1.807, 2.05) is 36.4 Å². The topological polar surface area (TPSA) is 27.7 Å². The van der Waals surface area contributed by atoms with Crippen molar-refractivity contribution >= 4 is 10.3 Å². The lowest BCUT2D eigenvalue weighted by atomic mass is 9.93. The minimum Gasteiger partial charge on any atom is -0.491 e. The van der Waals surface area contributed by atoms with Gasteiger partial charge in [-0.15, -0.1) is 10.3 Å². The standard InChI is InChI=1S/C40H51FO3S/c1-7-35-28-32(14-11-25-44-45(5,6)40(2,3)4)19-23-37(35)38-24-20-33(29-39(38)41)16-15-31-17-21-36(22-18-31)43-27-26-42-30-34-12-9-8-10-13-34/h8-10,12-13,17-24,28-29H,7,11,14-16,25-27,30H2,1-6H3. The maximum absolute atomic E-state index is 15.4. The van der Waals surface area contributed by atoms with Crippen LogP contribution in [-0.4, -0.2) is 37.1 Å². The molecule has 0 radical (unpaired) electrons. The van der Waals surface area contributed by atoms with Crippen molar-refractivity contribution in [3.8, 4) is 16.9 Å². The van der Waals surface area contributed by atoms with Gasteiger partial charge >= 0.3 is 0 Å². The molecule has 0 aliphatic rings. The monoisotopic (exact) mass is 630 g/mol. The molecule has 0 amide bonds. The summed E-state index contributed by atoms with van der Waals surface area (Å²) in [6.45, 7) is 11.3. The van der Waals surface area contributed by atoms with Crippen molar-refractivity contribution in [2.75, 3.05) is 32.3 Å². The summed E-state index contributed by atoms with van der Waals surface area (Å²) >= 11 is 0. The number of benzene rings is 4. The molecular weight excluding hydrogens is 580 g/mol. The molecule has 5 heteroatoms. The average molecular weight is 631 g/mol. The van der Waals surface area contributed by atoms with E-state index < -0.39 is 10.3 Å². The first-order chi connectivity index (χ1) is 21.6. The Labute approximate surface area is 272 Å². The van der Waals surface area contributed by atoms with E-state index in [4.69, 9.17) is 13.7 Å². The first kappa shape index (κ1) is 34.7. The number of hydrogen-bond donors (Lipinski definition) is 0. The molecule has 0 aromatic heterocycles.